The monoisotopic (exact) mass is 597 g/mol. The number of ether oxygens (including phenoxy) is 1. The first kappa shape index (κ1) is 27.7. The van der Waals surface area contributed by atoms with Gasteiger partial charge < -0.3 is 9.84 Å². The van der Waals surface area contributed by atoms with E-state index in [4.69, 9.17) is 33.0 Å². The third kappa shape index (κ3) is 6.37. The zero-order valence-electron chi connectivity index (χ0n) is 19.4. The number of aliphatic carboxylic acids is 1. The van der Waals surface area contributed by atoms with Crippen molar-refractivity contribution in [3.8, 4) is 22.6 Å². The van der Waals surface area contributed by atoms with Crippen LogP contribution in [0.25, 0.3) is 11.1 Å². The summed E-state index contributed by atoms with van der Waals surface area (Å²) in [5.74, 6) is -2.13. The predicted octanol–water partition coefficient (Wildman–Crippen LogP) is 5.20. The Hall–Kier alpha value is -3.36. The zero-order chi connectivity index (χ0) is 27.4. The van der Waals surface area contributed by atoms with Crippen molar-refractivity contribution in [3.05, 3.63) is 76.5 Å². The Balaban J connectivity index is 1.64. The van der Waals surface area contributed by atoms with Gasteiger partial charge in [0.15, 0.2) is 5.75 Å². The van der Waals surface area contributed by atoms with Crippen LogP contribution in [0.1, 0.15) is 12.6 Å². The molecule has 2 aromatic carbocycles. The van der Waals surface area contributed by atoms with Crippen LogP contribution < -0.4 is 14.8 Å². The van der Waals surface area contributed by atoms with Crippen molar-refractivity contribution in [1.82, 2.24) is 19.7 Å². The highest BCUT2D eigenvalue weighted by Crippen LogP contribution is 2.42. The fourth-order valence-corrected chi connectivity index (χ4v) is 5.45. The maximum atomic E-state index is 15.0. The van der Waals surface area contributed by atoms with E-state index in [1.54, 1.807) is 36.5 Å². The number of halogens is 3. The third-order valence-corrected chi connectivity index (χ3v) is 7.78. The van der Waals surface area contributed by atoms with Gasteiger partial charge in [0, 0.05) is 35.9 Å². The van der Waals surface area contributed by atoms with E-state index in [-0.39, 0.29) is 33.2 Å². The van der Waals surface area contributed by atoms with Gasteiger partial charge in [0.2, 0.25) is 5.13 Å². The van der Waals surface area contributed by atoms with Gasteiger partial charge in [-0.25, -0.2) is 17.8 Å². The Bertz CT molecular complexity index is 1590. The summed E-state index contributed by atoms with van der Waals surface area (Å²) in [6.45, 7) is 1.71. The fraction of sp³-hybridized carbons (Fsp3) is 0.130. The number of carbonyl (C=O) groups is 1. The minimum absolute atomic E-state index is 0.0362. The minimum Gasteiger partial charge on any atom is -0.480 e. The molecule has 4 rings (SSSR count). The topological polar surface area (TPSA) is 143 Å². The summed E-state index contributed by atoms with van der Waals surface area (Å²) >= 11 is 13.5. The molecule has 0 radical (unpaired) electrons. The molecule has 0 amide bonds. The second kappa shape index (κ2) is 11.6. The van der Waals surface area contributed by atoms with E-state index in [0.29, 0.717) is 16.8 Å². The normalized spacial score (nSPS) is 12.2. The first-order chi connectivity index (χ1) is 18.0. The number of benzene rings is 2. The lowest BCUT2D eigenvalue weighted by Crippen LogP contribution is -2.33. The lowest BCUT2D eigenvalue weighted by molar-refractivity contribution is -0.139. The maximum absolute atomic E-state index is 15.0. The van der Waals surface area contributed by atoms with Crippen molar-refractivity contribution in [2.75, 3.05) is 4.72 Å². The molecule has 0 aliphatic heterocycles. The van der Waals surface area contributed by atoms with Gasteiger partial charge in [-0.3, -0.25) is 19.8 Å². The van der Waals surface area contributed by atoms with Crippen LogP contribution in [0, 0.1) is 5.82 Å². The number of nitrogens with zero attached hydrogens (tertiary/aromatic N) is 3. The number of hydrogen-bond donors (Lipinski definition) is 3. The molecule has 0 saturated carbocycles. The van der Waals surface area contributed by atoms with Crippen molar-refractivity contribution in [2.45, 2.75) is 24.4 Å². The highest BCUT2D eigenvalue weighted by molar-refractivity contribution is 7.93. The van der Waals surface area contributed by atoms with Crippen molar-refractivity contribution >= 4 is 55.9 Å². The van der Waals surface area contributed by atoms with Gasteiger partial charge in [0.1, 0.15) is 28.8 Å². The van der Waals surface area contributed by atoms with E-state index in [9.17, 15) is 17.6 Å². The van der Waals surface area contributed by atoms with Crippen LogP contribution in [0.4, 0.5) is 9.52 Å². The lowest BCUT2D eigenvalue weighted by atomic mass is 10.0. The summed E-state index contributed by atoms with van der Waals surface area (Å²) in [6.07, 6.45) is 2.70. The van der Waals surface area contributed by atoms with Crippen LogP contribution in [0.5, 0.6) is 11.5 Å². The quantitative estimate of drug-likeness (QED) is 0.224. The molecule has 3 N–H and O–H groups in total. The lowest BCUT2D eigenvalue weighted by Gasteiger charge is -2.16. The molecule has 2 aromatic heterocycles. The maximum Gasteiger partial charge on any atom is 0.320 e. The predicted molar refractivity (Wildman–Crippen MR) is 141 cm³/mol. The molecule has 4 aromatic rings. The Kier molecular flexibility index (Phi) is 8.43. The molecule has 10 nitrogen and oxygen atoms in total. The zero-order valence-corrected chi connectivity index (χ0v) is 22.5. The average Bonchev–Trinajstić information content (AvgIpc) is 3.38. The second-order valence-electron chi connectivity index (χ2n) is 7.76. The number of sulfonamides is 1. The summed E-state index contributed by atoms with van der Waals surface area (Å²) in [6, 6.07) is 9.37. The number of carboxylic acid groups (broad SMARTS) is 1. The summed E-state index contributed by atoms with van der Waals surface area (Å²) in [4.78, 5) is 18.3. The highest BCUT2D eigenvalue weighted by Gasteiger charge is 2.24. The van der Waals surface area contributed by atoms with E-state index in [2.05, 4.69) is 24.4 Å². The van der Waals surface area contributed by atoms with Gasteiger partial charge in [-0.2, -0.15) is 4.37 Å². The minimum atomic E-state index is -4.34. The number of hydrogen-bond acceptors (Lipinski definition) is 9. The number of carboxylic acids is 1. The third-order valence-electron chi connectivity index (χ3n) is 5.13. The molecule has 2 heterocycles. The molecular weight excluding hydrogens is 580 g/mol. The van der Waals surface area contributed by atoms with Crippen molar-refractivity contribution in [3.63, 3.8) is 0 Å². The smallest absolute Gasteiger partial charge is 0.320 e. The first-order valence-corrected chi connectivity index (χ1v) is 13.7. The fourth-order valence-electron chi connectivity index (χ4n) is 3.22. The molecule has 0 bridgehead atoms. The number of anilines is 1. The summed E-state index contributed by atoms with van der Waals surface area (Å²) < 4.78 is 51.9. The molecule has 1 atom stereocenters. The number of rotatable bonds is 10. The van der Waals surface area contributed by atoms with E-state index < -0.39 is 32.7 Å². The van der Waals surface area contributed by atoms with Crippen LogP contribution in [0.3, 0.4) is 0 Å². The SMILES string of the molecule is C[C@H](NCc1cc(-c2cccc(Cl)c2Oc2cc(F)c(S(=O)(=O)Nc3ncns3)cc2Cl)ccn1)C(=O)O. The van der Waals surface area contributed by atoms with Crippen LogP contribution in [-0.2, 0) is 21.4 Å². The molecule has 0 spiro atoms. The van der Waals surface area contributed by atoms with E-state index in [1.165, 1.54) is 6.92 Å². The molecule has 0 unspecified atom stereocenters. The highest BCUT2D eigenvalue weighted by atomic mass is 35.5. The Labute approximate surface area is 230 Å². The molecule has 0 aliphatic rings. The van der Waals surface area contributed by atoms with Gasteiger partial charge in [0.05, 0.1) is 15.7 Å². The van der Waals surface area contributed by atoms with Crippen LogP contribution in [-0.4, -0.2) is 39.9 Å². The molecule has 15 heteroatoms. The Morgan fingerprint density at radius 3 is 2.68 bits per heavy atom. The number of aromatic nitrogens is 3. The number of nitrogens with one attached hydrogen (secondary N) is 2. The molecular formula is C23H18Cl2FN5O5S2. The van der Waals surface area contributed by atoms with Crippen molar-refractivity contribution < 1.29 is 27.4 Å². The molecule has 198 valence electrons. The van der Waals surface area contributed by atoms with Crippen LogP contribution in [0.15, 0.2) is 59.9 Å². The average molecular weight is 598 g/mol. The van der Waals surface area contributed by atoms with E-state index >= 15 is 0 Å². The first-order valence-electron chi connectivity index (χ1n) is 10.7. The van der Waals surface area contributed by atoms with E-state index in [1.807, 2.05) is 0 Å². The van der Waals surface area contributed by atoms with Gasteiger partial charge in [-0.1, -0.05) is 35.3 Å². The number of para-hydroxylation sites is 1. The number of pyridine rings is 1. The van der Waals surface area contributed by atoms with Gasteiger partial charge in [-0.15, -0.1) is 0 Å². The second-order valence-corrected chi connectivity index (χ2v) is 11.0. The largest absolute Gasteiger partial charge is 0.480 e. The van der Waals surface area contributed by atoms with Gasteiger partial charge >= 0.3 is 5.97 Å². The van der Waals surface area contributed by atoms with Crippen LogP contribution in [0.2, 0.25) is 10.0 Å². The standard InChI is InChI=1S/C23H18Cl2FN5O5S2/c1-12(22(32)33)28-10-14-7-13(5-6-27-14)15-3-2-4-16(24)21(15)36-19-9-18(26)20(8-17(19)25)38(34,35)31-23-29-11-30-37-23/h2-9,11-12,28H,10H2,1H3,(H,32,33)(H,29,30,31)/t12-/m0/s1. The summed E-state index contributed by atoms with van der Waals surface area (Å²) in [5, 5.41) is 11.9. The molecule has 38 heavy (non-hydrogen) atoms. The van der Waals surface area contributed by atoms with Gasteiger partial charge in [-0.05, 0) is 36.8 Å². The van der Waals surface area contributed by atoms with Gasteiger partial charge in [0.25, 0.3) is 10.0 Å². The Morgan fingerprint density at radius 1 is 1.18 bits per heavy atom. The van der Waals surface area contributed by atoms with E-state index in [0.717, 1.165) is 30.0 Å². The molecule has 0 aliphatic carbocycles. The summed E-state index contributed by atoms with van der Waals surface area (Å²) in [5.41, 5.74) is 1.70. The molecule has 0 fully saturated rings. The van der Waals surface area contributed by atoms with Crippen molar-refractivity contribution in [1.29, 1.82) is 0 Å². The summed E-state index contributed by atoms with van der Waals surface area (Å²) in [7, 11) is -4.34. The van der Waals surface area contributed by atoms with Crippen LogP contribution >= 0.6 is 34.7 Å². The molecule has 0 saturated heterocycles. The van der Waals surface area contributed by atoms with Crippen molar-refractivity contribution in [2.24, 2.45) is 0 Å². The Morgan fingerprint density at radius 2 is 1.97 bits per heavy atom.